The molecule has 0 radical (unpaired) electrons. The maximum atomic E-state index is 13.1. The van der Waals surface area contributed by atoms with E-state index in [9.17, 15) is 13.2 Å². The Balaban J connectivity index is 0.00000210. The van der Waals surface area contributed by atoms with Crippen molar-refractivity contribution in [3.63, 3.8) is 0 Å². The lowest BCUT2D eigenvalue weighted by Crippen LogP contribution is -2.39. The van der Waals surface area contributed by atoms with Crippen LogP contribution in [0.3, 0.4) is 0 Å². The van der Waals surface area contributed by atoms with Crippen LogP contribution in [0.15, 0.2) is 38.5 Å². The molecule has 1 saturated heterocycles. The zero-order valence-corrected chi connectivity index (χ0v) is 17.0. The van der Waals surface area contributed by atoms with Crippen LogP contribution >= 0.6 is 23.7 Å². The van der Waals surface area contributed by atoms with Gasteiger partial charge in [-0.15, -0.1) is 12.4 Å². The maximum Gasteiger partial charge on any atom is 0.290 e. The van der Waals surface area contributed by atoms with Crippen LogP contribution < -0.4 is 10.5 Å². The first-order valence-electron chi connectivity index (χ1n) is 8.54. The van der Waals surface area contributed by atoms with Crippen LogP contribution in [0, 0.1) is 5.41 Å². The summed E-state index contributed by atoms with van der Waals surface area (Å²) < 4.78 is 28.1. The molecule has 1 aliphatic heterocycles. The zero-order chi connectivity index (χ0) is 18.4. The highest BCUT2D eigenvalue weighted by Gasteiger charge is 2.58. The van der Waals surface area contributed by atoms with E-state index >= 15 is 0 Å². The van der Waals surface area contributed by atoms with Gasteiger partial charge in [0.1, 0.15) is 0 Å². The predicted molar refractivity (Wildman–Crippen MR) is 104 cm³/mol. The van der Waals surface area contributed by atoms with E-state index in [0.717, 1.165) is 37.9 Å². The van der Waals surface area contributed by atoms with E-state index in [2.05, 4.69) is 5.32 Å². The molecule has 27 heavy (non-hydrogen) atoms. The Bertz CT molecular complexity index is 905. The average Bonchev–Trinajstić information content (AvgIpc) is 3.06. The minimum Gasteiger partial charge on any atom is -0.438 e. The fraction of sp³-hybridized carbons (Fsp3) is 0.471. The smallest absolute Gasteiger partial charge is 0.290 e. The van der Waals surface area contributed by atoms with Crippen LogP contribution in [0.25, 0.3) is 0 Å². The number of hydrogen-bond acceptors (Lipinski definition) is 6. The summed E-state index contributed by atoms with van der Waals surface area (Å²) in [5.74, 6) is -0.272. The number of carbonyl (C=O) groups excluding carboxylic acids is 1. The van der Waals surface area contributed by atoms with Gasteiger partial charge in [0.25, 0.3) is 15.9 Å². The molecular weight excluding hydrogens is 410 g/mol. The predicted octanol–water partition coefficient (Wildman–Crippen LogP) is 2.19. The van der Waals surface area contributed by atoms with Gasteiger partial charge in [-0.25, -0.2) is 13.6 Å². The first kappa shape index (κ1) is 20.3. The Labute approximate surface area is 168 Å². The van der Waals surface area contributed by atoms with Crippen molar-refractivity contribution in [3.8, 4) is 0 Å². The summed E-state index contributed by atoms with van der Waals surface area (Å²) in [6, 6.07) is 4.78. The van der Waals surface area contributed by atoms with Gasteiger partial charge in [0.05, 0.1) is 0 Å². The van der Waals surface area contributed by atoms with E-state index in [1.54, 1.807) is 11.3 Å². The van der Waals surface area contributed by atoms with Crippen LogP contribution in [0.2, 0.25) is 0 Å². The Morgan fingerprint density at radius 1 is 1.33 bits per heavy atom. The van der Waals surface area contributed by atoms with Crippen molar-refractivity contribution < 1.29 is 17.6 Å². The van der Waals surface area contributed by atoms with Gasteiger partial charge in [-0.2, -0.15) is 11.3 Å². The molecule has 2 aromatic rings. The molecule has 3 heterocycles. The molecule has 1 atom stereocenters. The number of nitrogens with zero attached hydrogens (tertiary/aromatic N) is 1. The second kappa shape index (κ2) is 7.56. The summed E-state index contributed by atoms with van der Waals surface area (Å²) in [4.78, 5) is 14.9. The van der Waals surface area contributed by atoms with E-state index in [1.165, 1.54) is 12.1 Å². The van der Waals surface area contributed by atoms with Crippen molar-refractivity contribution in [2.45, 2.75) is 36.9 Å². The number of nitrogens with two attached hydrogens (primary N) is 1. The number of carbonyl (C=O) groups is 1. The maximum absolute atomic E-state index is 13.1. The number of sulfonamides is 1. The minimum absolute atomic E-state index is 0. The van der Waals surface area contributed by atoms with Gasteiger partial charge >= 0.3 is 0 Å². The first-order valence-corrected chi connectivity index (χ1v) is 11.0. The van der Waals surface area contributed by atoms with E-state index in [1.807, 2.05) is 21.7 Å². The molecule has 148 valence electrons. The third-order valence-electron chi connectivity index (χ3n) is 5.39. The number of hydrogen-bond donors (Lipinski definition) is 2. The second-order valence-corrected chi connectivity index (χ2v) is 9.33. The topological polar surface area (TPSA) is 106 Å². The van der Waals surface area contributed by atoms with Crippen molar-refractivity contribution in [3.05, 3.63) is 40.3 Å². The summed E-state index contributed by atoms with van der Waals surface area (Å²) in [5, 5.41) is 12.1. The lowest BCUT2D eigenvalue weighted by molar-refractivity contribution is 0.0654. The molecule has 7 nitrogen and oxygen atoms in total. The van der Waals surface area contributed by atoms with Gasteiger partial charge in [-0.3, -0.25) is 4.79 Å². The van der Waals surface area contributed by atoms with Gasteiger partial charge in [0.15, 0.2) is 5.76 Å². The third-order valence-corrected chi connectivity index (χ3v) is 6.90. The van der Waals surface area contributed by atoms with E-state index in [4.69, 9.17) is 9.56 Å². The lowest BCUT2D eigenvalue weighted by atomic mass is 9.93. The number of thiophene rings is 1. The van der Waals surface area contributed by atoms with Gasteiger partial charge in [-0.1, -0.05) is 0 Å². The second-order valence-electron chi connectivity index (χ2n) is 7.06. The van der Waals surface area contributed by atoms with E-state index < -0.39 is 10.0 Å². The SMILES string of the molecule is Cl.NS(=O)(=O)c1ccc(C(=O)N(Cc2ccsc2)C2CC23CCNCC3)o1. The Morgan fingerprint density at radius 2 is 2.07 bits per heavy atom. The molecular formula is C17H22ClN3O4S2. The number of piperidine rings is 1. The number of nitrogens with one attached hydrogen (secondary N) is 1. The number of furan rings is 1. The van der Waals surface area contributed by atoms with Crippen LogP contribution in [0.1, 0.15) is 35.4 Å². The summed E-state index contributed by atoms with van der Waals surface area (Å²) in [6.07, 6.45) is 3.07. The number of rotatable bonds is 5. The van der Waals surface area contributed by atoms with Crippen LogP contribution in [0.4, 0.5) is 0 Å². The molecule has 1 saturated carbocycles. The first-order chi connectivity index (χ1) is 12.4. The standard InChI is InChI=1S/C17H21N3O4S2.ClH/c18-26(22,23)15-2-1-13(24-15)16(21)20(10-12-3-8-25-11-12)14-9-17(14)4-6-19-7-5-17;/h1-3,8,11,14,19H,4-7,9-10H2,(H2,18,22,23);1H. The highest BCUT2D eigenvalue weighted by atomic mass is 35.5. The summed E-state index contributed by atoms with van der Waals surface area (Å²) >= 11 is 1.59. The van der Waals surface area contributed by atoms with Crippen molar-refractivity contribution in [2.75, 3.05) is 13.1 Å². The monoisotopic (exact) mass is 431 g/mol. The molecule has 10 heteroatoms. The third kappa shape index (κ3) is 4.07. The minimum atomic E-state index is -3.97. The molecule has 2 aromatic heterocycles. The number of primary sulfonamides is 1. The van der Waals surface area contributed by atoms with E-state index in [-0.39, 0.29) is 40.6 Å². The fourth-order valence-corrected chi connectivity index (χ4v) is 4.98. The van der Waals surface area contributed by atoms with E-state index in [0.29, 0.717) is 6.54 Å². The van der Waals surface area contributed by atoms with Crippen LogP contribution in [0.5, 0.6) is 0 Å². The normalized spacial score (nSPS) is 20.9. The van der Waals surface area contributed by atoms with Crippen LogP contribution in [-0.2, 0) is 16.6 Å². The zero-order valence-electron chi connectivity index (χ0n) is 14.6. The molecule has 1 aliphatic carbocycles. The number of amides is 1. The summed E-state index contributed by atoms with van der Waals surface area (Å²) in [7, 11) is -3.97. The molecule has 4 rings (SSSR count). The molecule has 2 aliphatic rings. The highest BCUT2D eigenvalue weighted by Crippen LogP contribution is 2.56. The van der Waals surface area contributed by atoms with Crippen molar-refractivity contribution in [2.24, 2.45) is 10.6 Å². The fourth-order valence-electron chi connectivity index (χ4n) is 3.86. The quantitative estimate of drug-likeness (QED) is 0.754. The molecule has 3 N–H and O–H groups in total. The highest BCUT2D eigenvalue weighted by molar-refractivity contribution is 7.89. The Kier molecular flexibility index (Phi) is 5.69. The Hall–Kier alpha value is -1.39. The molecule has 1 spiro atoms. The molecule has 0 aromatic carbocycles. The molecule has 2 fully saturated rings. The molecule has 1 amide bonds. The largest absolute Gasteiger partial charge is 0.438 e. The van der Waals surface area contributed by atoms with Crippen molar-refractivity contribution in [1.82, 2.24) is 10.2 Å². The van der Waals surface area contributed by atoms with Crippen molar-refractivity contribution >= 4 is 39.7 Å². The average molecular weight is 432 g/mol. The van der Waals surface area contributed by atoms with Gasteiger partial charge in [0.2, 0.25) is 5.09 Å². The lowest BCUT2D eigenvalue weighted by Gasteiger charge is -2.29. The van der Waals surface area contributed by atoms with Gasteiger partial charge in [-0.05, 0) is 72.3 Å². The summed E-state index contributed by atoms with van der Waals surface area (Å²) in [5.41, 5.74) is 1.24. The number of halogens is 1. The van der Waals surface area contributed by atoms with Crippen LogP contribution in [-0.4, -0.2) is 38.4 Å². The molecule has 1 unspecified atom stereocenters. The van der Waals surface area contributed by atoms with Crippen molar-refractivity contribution in [1.29, 1.82) is 0 Å². The Morgan fingerprint density at radius 3 is 2.67 bits per heavy atom. The van der Waals surface area contributed by atoms with Gasteiger partial charge < -0.3 is 14.6 Å². The molecule has 0 bridgehead atoms. The van der Waals surface area contributed by atoms with Gasteiger partial charge in [0, 0.05) is 12.6 Å². The summed E-state index contributed by atoms with van der Waals surface area (Å²) in [6.45, 7) is 2.42.